The number of hydrogen-bond donors (Lipinski definition) is 1. The second-order valence-electron chi connectivity index (χ2n) is 2.51. The number of halogens is 1. The highest BCUT2D eigenvalue weighted by Crippen LogP contribution is 2.23. The number of rotatable bonds is 4. The molecule has 0 saturated heterocycles. The van der Waals surface area contributed by atoms with Gasteiger partial charge in [0, 0.05) is 13.4 Å². The molecule has 0 heterocycles. The van der Waals surface area contributed by atoms with Crippen LogP contribution < -0.4 is 5.12 Å². The monoisotopic (exact) mass is 209 g/mol. The van der Waals surface area contributed by atoms with Gasteiger partial charge in [0.2, 0.25) is 0 Å². The zero-order valence-electron chi connectivity index (χ0n) is 7.72. The first-order valence-electron chi connectivity index (χ1n) is 3.87. The highest BCUT2D eigenvalue weighted by atomic mass is 19.1. The van der Waals surface area contributed by atoms with E-state index < -0.39 is 17.3 Å². The second-order valence-corrected chi connectivity index (χ2v) is 2.51. The Morgan fingerprint density at radius 1 is 1.40 bits per heavy atom. The lowest BCUT2D eigenvalue weighted by atomic mass is 10.1. The minimum absolute atomic E-state index is 0.0208. The van der Waals surface area contributed by atoms with E-state index in [0.717, 1.165) is 11.2 Å². The van der Waals surface area contributed by atoms with Crippen molar-refractivity contribution in [2.24, 2.45) is 10.2 Å². The Hall–Kier alpha value is -2.24. The Kier molecular flexibility index (Phi) is 3.12. The first-order chi connectivity index (χ1) is 7.11. The molecule has 78 valence electrons. The lowest BCUT2D eigenvalue weighted by molar-refractivity contribution is 0.0692. The maximum absolute atomic E-state index is 13.2. The number of carboxylic acid groups (broad SMARTS) is 1. The van der Waals surface area contributed by atoms with Gasteiger partial charge in [-0.1, -0.05) is 6.07 Å². The van der Waals surface area contributed by atoms with Gasteiger partial charge in [-0.15, -0.1) is 0 Å². The van der Waals surface area contributed by atoms with E-state index in [9.17, 15) is 9.18 Å². The topological polar surface area (TPSA) is 65.3 Å². The van der Waals surface area contributed by atoms with Gasteiger partial charge >= 0.3 is 5.97 Å². The Labute approximate surface area is 85.1 Å². The molecule has 0 aromatic heterocycles. The zero-order chi connectivity index (χ0) is 11.4. The molecule has 1 aromatic carbocycles. The maximum atomic E-state index is 13.2. The first kappa shape index (κ1) is 10.8. The van der Waals surface area contributed by atoms with E-state index in [4.69, 9.17) is 5.11 Å². The average Bonchev–Trinajstić information content (AvgIpc) is 2.19. The third kappa shape index (κ3) is 1.98. The molecule has 0 atom stereocenters. The lowest BCUT2D eigenvalue weighted by Gasteiger charge is -2.13. The Balaban J connectivity index is 3.39. The molecule has 5 nitrogen and oxygen atoms in total. The van der Waals surface area contributed by atoms with Crippen LogP contribution in [0.25, 0.3) is 0 Å². The summed E-state index contributed by atoms with van der Waals surface area (Å²) in [4.78, 5) is 10.8. The van der Waals surface area contributed by atoms with Crippen molar-refractivity contribution >= 4 is 25.1 Å². The molecule has 0 radical (unpaired) electrons. The van der Waals surface area contributed by atoms with Crippen molar-refractivity contribution in [2.75, 3.05) is 5.12 Å². The van der Waals surface area contributed by atoms with Crippen molar-refractivity contribution in [2.45, 2.75) is 0 Å². The van der Waals surface area contributed by atoms with Gasteiger partial charge in [-0.2, -0.15) is 15.3 Å². The van der Waals surface area contributed by atoms with Crippen molar-refractivity contribution in [3.63, 3.8) is 0 Å². The molecular formula is C9H8FN3O2. The third-order valence-corrected chi connectivity index (χ3v) is 1.69. The van der Waals surface area contributed by atoms with Crippen molar-refractivity contribution in [1.82, 2.24) is 0 Å². The Morgan fingerprint density at radius 3 is 2.47 bits per heavy atom. The second kappa shape index (κ2) is 4.32. The molecule has 0 spiro atoms. The maximum Gasteiger partial charge on any atom is 0.340 e. The number of carboxylic acids is 1. The highest BCUT2D eigenvalue weighted by molar-refractivity contribution is 5.94. The minimum Gasteiger partial charge on any atom is -0.478 e. The molecule has 15 heavy (non-hydrogen) atoms. The minimum atomic E-state index is -1.40. The van der Waals surface area contributed by atoms with E-state index in [0.29, 0.717) is 0 Å². The molecule has 0 aliphatic rings. The molecule has 0 fully saturated rings. The molecule has 1 N–H and O–H groups in total. The largest absolute Gasteiger partial charge is 0.478 e. The van der Waals surface area contributed by atoms with Crippen LogP contribution in [0.15, 0.2) is 28.4 Å². The molecule has 0 saturated carbocycles. The van der Waals surface area contributed by atoms with E-state index in [-0.39, 0.29) is 5.69 Å². The standard InChI is InChI=1S/C9H8FN3O2/c1-11-13(12-2)7-5-3-4-6(10)8(7)9(14)15/h3-5H,1-2H2,(H,14,15). The molecular weight excluding hydrogens is 201 g/mol. The molecule has 0 unspecified atom stereocenters. The van der Waals surface area contributed by atoms with Crippen molar-refractivity contribution in [3.8, 4) is 0 Å². The van der Waals surface area contributed by atoms with Crippen LogP contribution in [0.4, 0.5) is 10.1 Å². The molecule has 1 rings (SSSR count). The van der Waals surface area contributed by atoms with E-state index >= 15 is 0 Å². The van der Waals surface area contributed by atoms with Crippen molar-refractivity contribution in [3.05, 3.63) is 29.6 Å². The number of carbonyl (C=O) groups is 1. The fourth-order valence-corrected chi connectivity index (χ4v) is 1.09. The van der Waals surface area contributed by atoms with Crippen LogP contribution in [0.3, 0.4) is 0 Å². The summed E-state index contributed by atoms with van der Waals surface area (Å²) in [5.41, 5.74) is -0.537. The summed E-state index contributed by atoms with van der Waals surface area (Å²) >= 11 is 0. The van der Waals surface area contributed by atoms with E-state index in [2.05, 4.69) is 23.6 Å². The van der Waals surface area contributed by atoms with Gasteiger partial charge in [-0.25, -0.2) is 9.18 Å². The molecule has 0 aliphatic heterocycles. The number of aromatic carboxylic acids is 1. The summed E-state index contributed by atoms with van der Waals surface area (Å²) in [6.07, 6.45) is 0. The normalized spacial score (nSPS) is 9.40. The van der Waals surface area contributed by atoms with Crippen LogP contribution in [-0.4, -0.2) is 24.5 Å². The summed E-state index contributed by atoms with van der Waals surface area (Å²) in [7, 11) is 0. The van der Waals surface area contributed by atoms with Gasteiger partial charge in [0.25, 0.3) is 0 Å². The van der Waals surface area contributed by atoms with Crippen LogP contribution in [-0.2, 0) is 0 Å². The van der Waals surface area contributed by atoms with E-state index in [1.54, 1.807) is 0 Å². The fraction of sp³-hybridized carbons (Fsp3) is 0. The Bertz CT molecular complexity index is 412. The summed E-state index contributed by atoms with van der Waals surface area (Å²) in [6, 6.07) is 3.74. The van der Waals surface area contributed by atoms with E-state index in [1.807, 2.05) is 0 Å². The molecule has 0 bridgehead atoms. The highest BCUT2D eigenvalue weighted by Gasteiger charge is 2.19. The zero-order valence-corrected chi connectivity index (χ0v) is 7.72. The molecule has 6 heteroatoms. The number of hydrogen-bond acceptors (Lipinski definition) is 4. The van der Waals surface area contributed by atoms with Gasteiger partial charge < -0.3 is 5.11 Å². The summed E-state index contributed by atoms with van der Waals surface area (Å²) < 4.78 is 13.2. The van der Waals surface area contributed by atoms with Crippen molar-refractivity contribution in [1.29, 1.82) is 0 Å². The van der Waals surface area contributed by atoms with Crippen LogP contribution in [0.2, 0.25) is 0 Å². The van der Waals surface area contributed by atoms with Crippen molar-refractivity contribution < 1.29 is 14.3 Å². The summed E-state index contributed by atoms with van der Waals surface area (Å²) in [5.74, 6) is -2.27. The number of hydrazone groups is 2. The Morgan fingerprint density at radius 2 is 2.00 bits per heavy atom. The lowest BCUT2D eigenvalue weighted by Crippen LogP contribution is -2.13. The predicted octanol–water partition coefficient (Wildman–Crippen LogP) is 1.56. The number of benzene rings is 1. The van der Waals surface area contributed by atoms with Gasteiger partial charge in [0.15, 0.2) is 0 Å². The molecule has 0 amide bonds. The smallest absolute Gasteiger partial charge is 0.340 e. The molecule has 1 aromatic rings. The third-order valence-electron chi connectivity index (χ3n) is 1.69. The van der Waals surface area contributed by atoms with Gasteiger partial charge in [0.1, 0.15) is 17.1 Å². The fourth-order valence-electron chi connectivity index (χ4n) is 1.09. The van der Waals surface area contributed by atoms with Gasteiger partial charge in [-0.05, 0) is 12.1 Å². The summed E-state index contributed by atoms with van der Waals surface area (Å²) in [6.45, 7) is 6.33. The molecule has 0 aliphatic carbocycles. The predicted molar refractivity (Wildman–Crippen MR) is 54.9 cm³/mol. The quantitative estimate of drug-likeness (QED) is 0.604. The van der Waals surface area contributed by atoms with Crippen LogP contribution >= 0.6 is 0 Å². The average molecular weight is 209 g/mol. The SMILES string of the molecule is C=NN(N=C)c1cccc(F)c1C(=O)O. The van der Waals surface area contributed by atoms with Crippen LogP contribution in [0, 0.1) is 5.82 Å². The van der Waals surface area contributed by atoms with Gasteiger partial charge in [-0.3, -0.25) is 0 Å². The van der Waals surface area contributed by atoms with Gasteiger partial charge in [0.05, 0.1) is 0 Å². The summed E-state index contributed by atoms with van der Waals surface area (Å²) in [5, 5.41) is 16.4. The number of nitrogens with zero attached hydrogens (tertiary/aromatic N) is 3. The number of anilines is 1. The van der Waals surface area contributed by atoms with E-state index in [1.165, 1.54) is 12.1 Å². The van der Waals surface area contributed by atoms with Crippen LogP contribution in [0.1, 0.15) is 10.4 Å². The van der Waals surface area contributed by atoms with Crippen LogP contribution in [0.5, 0.6) is 0 Å². The first-order valence-corrected chi connectivity index (χ1v) is 3.87.